The Morgan fingerprint density at radius 3 is 2.65 bits per heavy atom. The fourth-order valence-corrected chi connectivity index (χ4v) is 8.35. The molecule has 11 heteroatoms. The lowest BCUT2D eigenvalue weighted by Crippen LogP contribution is -2.57. The van der Waals surface area contributed by atoms with Crippen LogP contribution in [-0.2, 0) is 20.9 Å². The average molecular weight is 483 g/mol. The first kappa shape index (κ1) is 22.5. The number of esters is 1. The molecule has 1 amide bonds. The average Bonchev–Trinajstić information content (AvgIpc) is 3.11. The van der Waals surface area contributed by atoms with Crippen molar-refractivity contribution in [1.82, 2.24) is 4.90 Å². The molecule has 0 aliphatic carbocycles. The van der Waals surface area contributed by atoms with Crippen LogP contribution in [-0.4, -0.2) is 55.5 Å². The maximum absolute atomic E-state index is 13.0. The van der Waals surface area contributed by atoms with Crippen LogP contribution in [0.25, 0.3) is 0 Å². The van der Waals surface area contributed by atoms with Crippen LogP contribution in [0, 0.1) is 16.0 Å². The maximum Gasteiger partial charge on any atom is 0.357 e. The van der Waals surface area contributed by atoms with Gasteiger partial charge in [-0.3, -0.25) is 19.8 Å². The number of rotatable bonds is 8. The molecule has 3 aliphatic heterocycles. The fourth-order valence-electron chi connectivity index (χ4n) is 3.71. The number of carbonyl (C=O) groups is 2. The Balaban J connectivity index is 1.48. The summed E-state index contributed by atoms with van der Waals surface area (Å²) < 4.78 is 6.31. The smallest absolute Gasteiger partial charge is 0.357 e. The number of carbonyl (C=O) groups excluding carboxylic acids is 2. The summed E-state index contributed by atoms with van der Waals surface area (Å²) in [5.74, 6) is 1.19. The highest BCUT2D eigenvalue weighted by Crippen LogP contribution is 2.55. The quantitative estimate of drug-likeness (QED) is 0.258. The zero-order valence-corrected chi connectivity index (χ0v) is 19.0. The molecule has 0 unspecified atom stereocenters. The summed E-state index contributed by atoms with van der Waals surface area (Å²) in [6.45, 7) is -0.0979. The molecule has 0 spiro atoms. The van der Waals surface area contributed by atoms with E-state index in [2.05, 4.69) is 0 Å². The first-order valence-electron chi connectivity index (χ1n) is 9.99. The van der Waals surface area contributed by atoms with Gasteiger partial charge >= 0.3 is 5.97 Å². The lowest BCUT2D eigenvalue weighted by molar-refractivity contribution is -0.384. The summed E-state index contributed by atoms with van der Waals surface area (Å²) in [6.07, 6.45) is 2.50. The van der Waals surface area contributed by atoms with Gasteiger partial charge in [-0.1, -0.05) is 11.8 Å². The molecule has 8 nitrogen and oxygen atoms in total. The van der Waals surface area contributed by atoms with Crippen molar-refractivity contribution in [3.8, 4) is 0 Å². The van der Waals surface area contributed by atoms with Crippen molar-refractivity contribution in [2.75, 3.05) is 18.1 Å². The number of non-ortho nitro benzene ring substituents is 1. The van der Waals surface area contributed by atoms with E-state index in [-0.39, 0.29) is 36.1 Å². The third kappa shape index (κ3) is 4.74. The normalized spacial score (nSPS) is 23.5. The molecule has 31 heavy (non-hydrogen) atoms. The van der Waals surface area contributed by atoms with Crippen LogP contribution in [0.2, 0.25) is 0 Å². The number of β-lactam (4-membered cyclic amide) rings is 1. The highest BCUT2D eigenvalue weighted by atomic mass is 32.2. The highest BCUT2D eigenvalue weighted by Gasteiger charge is 2.56. The van der Waals surface area contributed by atoms with E-state index in [0.29, 0.717) is 22.9 Å². The minimum absolute atomic E-state index is 0.0294. The van der Waals surface area contributed by atoms with E-state index < -0.39 is 10.9 Å². The third-order valence-corrected chi connectivity index (χ3v) is 9.43. The Hall–Kier alpha value is -1.69. The first-order chi connectivity index (χ1) is 15.0. The predicted molar refractivity (Wildman–Crippen MR) is 121 cm³/mol. The van der Waals surface area contributed by atoms with E-state index in [4.69, 9.17) is 4.74 Å². The fraction of sp³-hybridized carbons (Fsp3) is 0.500. The molecule has 0 bridgehead atoms. The summed E-state index contributed by atoms with van der Waals surface area (Å²) >= 11 is 5.11. The minimum atomic E-state index is -0.558. The highest BCUT2D eigenvalue weighted by molar-refractivity contribution is 8.23. The lowest BCUT2D eigenvalue weighted by atomic mass is 9.94. The number of benzene rings is 1. The van der Waals surface area contributed by atoms with Crippen molar-refractivity contribution in [3.63, 3.8) is 0 Å². The number of nitro benzene ring substituents is 1. The van der Waals surface area contributed by atoms with Gasteiger partial charge in [0.15, 0.2) is 5.70 Å². The largest absolute Gasteiger partial charge is 0.456 e. The summed E-state index contributed by atoms with van der Waals surface area (Å²) in [4.78, 5) is 37.4. The van der Waals surface area contributed by atoms with Crippen molar-refractivity contribution in [2.24, 2.45) is 5.92 Å². The Morgan fingerprint density at radius 1 is 1.29 bits per heavy atom. The molecule has 2 saturated heterocycles. The van der Waals surface area contributed by atoms with Gasteiger partial charge in [-0.25, -0.2) is 4.79 Å². The molecular formula is C20H22N2O6S3. The van der Waals surface area contributed by atoms with Crippen molar-refractivity contribution < 1.29 is 24.4 Å². The van der Waals surface area contributed by atoms with Crippen molar-refractivity contribution >= 4 is 52.8 Å². The molecule has 3 aliphatic rings. The number of ether oxygens (including phenoxy) is 1. The van der Waals surface area contributed by atoms with Gasteiger partial charge in [-0.05, 0) is 48.5 Å². The lowest BCUT2D eigenvalue weighted by Gasteiger charge is -2.42. The zero-order chi connectivity index (χ0) is 22.0. The molecule has 1 aromatic carbocycles. The van der Waals surface area contributed by atoms with Crippen LogP contribution in [0.3, 0.4) is 0 Å². The zero-order valence-electron chi connectivity index (χ0n) is 16.6. The SMILES string of the molecule is O=C(OCc1ccc([N+](=O)[O-])cc1)C1=C(SC2CCSCC2)S[C@@H]2[C@@H](CCO)C(=O)N12. The number of nitrogens with zero attached hydrogens (tertiary/aromatic N) is 2. The standard InChI is InChI=1S/C20H22N2O6S3/c23-8-5-15-17(24)21-16(20(31-18(15)21)30-14-6-9-29-10-7-14)19(25)28-11-12-1-3-13(4-2-12)22(26)27/h1-4,14-15,18,23H,5-11H2/t15-,18+/m0/s1. The Kier molecular flexibility index (Phi) is 7.15. The van der Waals surface area contributed by atoms with Gasteiger partial charge in [-0.2, -0.15) is 11.8 Å². The number of aliphatic hydroxyl groups excluding tert-OH is 1. The van der Waals surface area contributed by atoms with Crippen LogP contribution in [0.5, 0.6) is 0 Å². The monoisotopic (exact) mass is 482 g/mol. The van der Waals surface area contributed by atoms with Crippen LogP contribution < -0.4 is 0 Å². The number of thioether (sulfide) groups is 3. The van der Waals surface area contributed by atoms with Gasteiger partial charge < -0.3 is 9.84 Å². The molecule has 1 aromatic rings. The molecule has 0 saturated carbocycles. The third-order valence-electron chi connectivity index (χ3n) is 5.41. The summed E-state index contributed by atoms with van der Waals surface area (Å²) in [7, 11) is 0. The van der Waals surface area contributed by atoms with Crippen LogP contribution in [0.1, 0.15) is 24.8 Å². The number of fused-ring (bicyclic) bond motifs is 1. The molecular weight excluding hydrogens is 460 g/mol. The van der Waals surface area contributed by atoms with Gasteiger partial charge in [0.05, 0.1) is 20.5 Å². The maximum atomic E-state index is 13.0. The second-order valence-electron chi connectivity index (χ2n) is 7.40. The van der Waals surface area contributed by atoms with Crippen LogP contribution in [0.15, 0.2) is 34.2 Å². The second kappa shape index (κ2) is 9.85. The Morgan fingerprint density at radius 2 is 2.00 bits per heavy atom. The van der Waals surface area contributed by atoms with E-state index in [1.165, 1.54) is 28.8 Å². The predicted octanol–water partition coefficient (Wildman–Crippen LogP) is 3.35. The van der Waals surface area contributed by atoms with Crippen molar-refractivity contribution in [3.05, 3.63) is 49.9 Å². The summed E-state index contributed by atoms with van der Waals surface area (Å²) in [6, 6.07) is 5.83. The van der Waals surface area contributed by atoms with Gasteiger partial charge in [-0.15, -0.1) is 11.8 Å². The number of aliphatic hydroxyl groups is 1. The van der Waals surface area contributed by atoms with Crippen molar-refractivity contribution in [1.29, 1.82) is 0 Å². The van der Waals surface area contributed by atoms with E-state index in [1.807, 2.05) is 11.8 Å². The topological polar surface area (TPSA) is 110 Å². The molecule has 2 atom stereocenters. The van der Waals surface area contributed by atoms with Gasteiger partial charge in [0, 0.05) is 24.0 Å². The molecule has 166 valence electrons. The van der Waals surface area contributed by atoms with E-state index in [1.54, 1.807) is 23.9 Å². The molecule has 2 fully saturated rings. The van der Waals surface area contributed by atoms with E-state index >= 15 is 0 Å². The summed E-state index contributed by atoms with van der Waals surface area (Å²) in [5, 5.41) is 20.3. The summed E-state index contributed by atoms with van der Waals surface area (Å²) in [5.41, 5.74) is 0.908. The number of amides is 1. The van der Waals surface area contributed by atoms with Gasteiger partial charge in [0.1, 0.15) is 6.61 Å². The number of nitro groups is 1. The molecule has 4 rings (SSSR count). The molecule has 0 radical (unpaired) electrons. The number of hydrogen-bond donors (Lipinski definition) is 1. The van der Waals surface area contributed by atoms with Gasteiger partial charge in [0.25, 0.3) is 5.69 Å². The van der Waals surface area contributed by atoms with Crippen LogP contribution in [0.4, 0.5) is 5.69 Å². The Bertz CT molecular complexity index is 901. The van der Waals surface area contributed by atoms with Crippen LogP contribution >= 0.6 is 35.3 Å². The van der Waals surface area contributed by atoms with Gasteiger partial charge in [0.2, 0.25) is 5.91 Å². The minimum Gasteiger partial charge on any atom is -0.456 e. The first-order valence-corrected chi connectivity index (χ1v) is 12.9. The molecule has 1 N–H and O–H groups in total. The Labute approximate surface area is 192 Å². The van der Waals surface area contributed by atoms with E-state index in [9.17, 15) is 24.8 Å². The number of hydrogen-bond acceptors (Lipinski definition) is 9. The van der Waals surface area contributed by atoms with E-state index in [0.717, 1.165) is 28.6 Å². The molecule has 0 aromatic heterocycles. The second-order valence-corrected chi connectivity index (χ2v) is 11.3. The van der Waals surface area contributed by atoms with Crippen molar-refractivity contribution in [2.45, 2.75) is 36.5 Å². The molecule has 3 heterocycles.